The quantitative estimate of drug-likeness (QED) is 0.261. The van der Waals surface area contributed by atoms with Gasteiger partial charge in [0.05, 0.1) is 13.2 Å². The highest BCUT2D eigenvalue weighted by Gasteiger charge is 2.19. The van der Waals surface area contributed by atoms with Crippen LogP contribution in [0.2, 0.25) is 0 Å². The summed E-state index contributed by atoms with van der Waals surface area (Å²) in [7, 11) is 0. The molecule has 6 nitrogen and oxygen atoms in total. The largest absolute Gasteiger partial charge is 0.394 e. The van der Waals surface area contributed by atoms with Gasteiger partial charge in [-0.25, -0.2) is 9.68 Å². The van der Waals surface area contributed by atoms with Crippen LogP contribution < -0.4 is 0 Å². The zero-order valence-electron chi connectivity index (χ0n) is 20.3. The normalized spacial score (nSPS) is 14.7. The Labute approximate surface area is 185 Å². The first kappa shape index (κ1) is 29.3. The predicted molar refractivity (Wildman–Crippen MR) is 121 cm³/mol. The van der Waals surface area contributed by atoms with Crippen LogP contribution in [0.25, 0.3) is 0 Å². The van der Waals surface area contributed by atoms with E-state index in [4.69, 9.17) is 19.9 Å². The van der Waals surface area contributed by atoms with Crippen molar-refractivity contribution < 1.29 is 24.7 Å². The number of hydroxylamine groups is 2. The number of carbonyl (C=O) groups is 1. The second kappa shape index (κ2) is 19.0. The third-order valence-corrected chi connectivity index (χ3v) is 5.59. The molecule has 0 spiro atoms. The number of aliphatic hydroxyl groups excluding tert-OH is 2. The molecule has 0 aromatic heterocycles. The molecule has 3 atom stereocenters. The van der Waals surface area contributed by atoms with Gasteiger partial charge in [-0.1, -0.05) is 97.6 Å². The first-order chi connectivity index (χ1) is 14.3. The lowest BCUT2D eigenvalue weighted by molar-refractivity contribution is -0.345. The summed E-state index contributed by atoms with van der Waals surface area (Å²) < 4.78 is 0. The minimum atomic E-state index is -0.274. The maximum absolute atomic E-state index is 12.3. The fraction of sp³-hybridized carbons (Fsp3) is 0.958. The average molecular weight is 432 g/mol. The Morgan fingerprint density at radius 1 is 0.700 bits per heavy atom. The van der Waals surface area contributed by atoms with E-state index in [1.165, 1.54) is 44.9 Å². The molecule has 0 heterocycles. The molecule has 0 radical (unpaired) electrons. The third kappa shape index (κ3) is 17.0. The van der Waals surface area contributed by atoms with Gasteiger partial charge in [0.25, 0.3) is 5.91 Å². The van der Waals surface area contributed by atoms with Gasteiger partial charge in [0, 0.05) is 6.42 Å². The smallest absolute Gasteiger partial charge is 0.273 e. The molecule has 0 bridgehead atoms. The number of aliphatic hydroxyl groups is 2. The van der Waals surface area contributed by atoms with Crippen molar-refractivity contribution in [2.45, 2.75) is 98.8 Å². The van der Waals surface area contributed by atoms with Crippen molar-refractivity contribution in [1.82, 2.24) is 5.23 Å². The molecule has 0 saturated heterocycles. The van der Waals surface area contributed by atoms with E-state index >= 15 is 0 Å². The van der Waals surface area contributed by atoms with E-state index < -0.39 is 0 Å². The van der Waals surface area contributed by atoms with Crippen LogP contribution in [0.1, 0.15) is 98.8 Å². The molecular weight excluding hydrogens is 382 g/mol. The molecule has 0 aliphatic rings. The lowest BCUT2D eigenvalue weighted by atomic mass is 9.91. The fourth-order valence-electron chi connectivity index (χ4n) is 3.70. The summed E-state index contributed by atoms with van der Waals surface area (Å²) in [6.45, 7) is 11.0. The molecule has 0 fully saturated rings. The van der Waals surface area contributed by atoms with E-state index in [9.17, 15) is 4.79 Å². The highest BCUT2D eigenvalue weighted by Crippen LogP contribution is 2.23. The molecule has 0 aromatic rings. The van der Waals surface area contributed by atoms with Crippen molar-refractivity contribution in [2.24, 2.45) is 23.7 Å². The summed E-state index contributed by atoms with van der Waals surface area (Å²) in [5.41, 5.74) is 0. The molecule has 6 heteroatoms. The standard InChI is InChI=1S/C24H49NO5/c1-20(2)9-6-10-21(3)11-7-12-22(4)13-8-14-23(5)19-24(28)25(29-17-15-26)30-18-16-27/h20-23,26-27H,6-19H2,1-5H3. The van der Waals surface area contributed by atoms with Gasteiger partial charge in [0.1, 0.15) is 13.2 Å². The van der Waals surface area contributed by atoms with Crippen LogP contribution in [0.15, 0.2) is 0 Å². The Morgan fingerprint density at radius 2 is 1.10 bits per heavy atom. The highest BCUT2D eigenvalue weighted by molar-refractivity contribution is 5.74. The van der Waals surface area contributed by atoms with Crippen LogP contribution in [-0.2, 0) is 14.5 Å². The topological polar surface area (TPSA) is 79.2 Å². The number of hydrogen-bond donors (Lipinski definition) is 2. The predicted octanol–water partition coefficient (Wildman–Crippen LogP) is 5.13. The van der Waals surface area contributed by atoms with E-state index in [-0.39, 0.29) is 38.3 Å². The molecule has 0 saturated carbocycles. The van der Waals surface area contributed by atoms with E-state index in [2.05, 4.69) is 34.6 Å². The highest BCUT2D eigenvalue weighted by atomic mass is 17.0. The summed E-state index contributed by atoms with van der Waals surface area (Å²) in [6.07, 6.45) is 11.7. The maximum Gasteiger partial charge on any atom is 0.273 e. The Balaban J connectivity index is 3.93. The van der Waals surface area contributed by atoms with Gasteiger partial charge in [-0.05, 0) is 23.7 Å². The summed E-state index contributed by atoms with van der Waals surface area (Å²) in [6, 6.07) is 0. The van der Waals surface area contributed by atoms with Gasteiger partial charge < -0.3 is 10.2 Å². The van der Waals surface area contributed by atoms with Crippen LogP contribution in [0.4, 0.5) is 0 Å². The Hall–Kier alpha value is -0.690. The number of carbonyl (C=O) groups excluding carboxylic acids is 1. The summed E-state index contributed by atoms with van der Waals surface area (Å²) in [4.78, 5) is 22.5. The summed E-state index contributed by atoms with van der Waals surface area (Å²) >= 11 is 0. The fourth-order valence-corrected chi connectivity index (χ4v) is 3.70. The minimum absolute atomic E-state index is 0.0145. The average Bonchev–Trinajstić information content (AvgIpc) is 2.67. The van der Waals surface area contributed by atoms with E-state index in [0.29, 0.717) is 6.42 Å². The molecular formula is C24H49NO5. The summed E-state index contributed by atoms with van der Waals surface area (Å²) in [5, 5.41) is 18.5. The molecule has 180 valence electrons. The molecule has 0 aliphatic heterocycles. The van der Waals surface area contributed by atoms with Crippen LogP contribution in [0.5, 0.6) is 0 Å². The molecule has 3 unspecified atom stereocenters. The number of nitrogens with zero attached hydrogens (tertiary/aromatic N) is 1. The van der Waals surface area contributed by atoms with Crippen molar-refractivity contribution in [2.75, 3.05) is 26.4 Å². The molecule has 2 N–H and O–H groups in total. The number of amides is 1. The zero-order valence-corrected chi connectivity index (χ0v) is 20.3. The van der Waals surface area contributed by atoms with Gasteiger partial charge in [-0.3, -0.25) is 4.79 Å². The molecule has 1 amide bonds. The second-order valence-corrected chi connectivity index (χ2v) is 9.47. The van der Waals surface area contributed by atoms with Crippen LogP contribution >= 0.6 is 0 Å². The lowest BCUT2D eigenvalue weighted by Gasteiger charge is -2.21. The van der Waals surface area contributed by atoms with Crippen LogP contribution in [-0.4, -0.2) is 47.8 Å². The van der Waals surface area contributed by atoms with Crippen molar-refractivity contribution in [1.29, 1.82) is 0 Å². The van der Waals surface area contributed by atoms with Gasteiger partial charge in [-0.15, -0.1) is 0 Å². The van der Waals surface area contributed by atoms with E-state index in [1.807, 2.05) is 0 Å². The lowest BCUT2D eigenvalue weighted by Crippen LogP contribution is -2.34. The maximum atomic E-state index is 12.3. The van der Waals surface area contributed by atoms with Crippen LogP contribution in [0.3, 0.4) is 0 Å². The van der Waals surface area contributed by atoms with Crippen molar-refractivity contribution in [3.8, 4) is 0 Å². The van der Waals surface area contributed by atoms with Crippen molar-refractivity contribution in [3.05, 3.63) is 0 Å². The third-order valence-electron chi connectivity index (χ3n) is 5.59. The molecule has 30 heavy (non-hydrogen) atoms. The zero-order chi connectivity index (χ0) is 22.8. The van der Waals surface area contributed by atoms with E-state index in [0.717, 1.165) is 35.8 Å². The van der Waals surface area contributed by atoms with Gasteiger partial charge in [0.15, 0.2) is 0 Å². The Bertz CT molecular complexity index is 397. The SMILES string of the molecule is CC(C)CCCC(C)CCCC(C)CCCC(C)CC(=O)N(OCCO)OCCO. The van der Waals surface area contributed by atoms with Gasteiger partial charge >= 0.3 is 0 Å². The monoisotopic (exact) mass is 431 g/mol. The van der Waals surface area contributed by atoms with Crippen molar-refractivity contribution >= 4 is 5.91 Å². The van der Waals surface area contributed by atoms with E-state index in [1.54, 1.807) is 0 Å². The number of hydrogen-bond acceptors (Lipinski definition) is 5. The van der Waals surface area contributed by atoms with Crippen molar-refractivity contribution in [3.63, 3.8) is 0 Å². The van der Waals surface area contributed by atoms with Gasteiger partial charge in [-0.2, -0.15) is 0 Å². The number of rotatable bonds is 20. The molecule has 0 aliphatic carbocycles. The Morgan fingerprint density at radius 3 is 1.50 bits per heavy atom. The summed E-state index contributed by atoms with van der Waals surface area (Å²) in [5.74, 6) is 2.35. The first-order valence-corrected chi connectivity index (χ1v) is 12.1. The van der Waals surface area contributed by atoms with Crippen LogP contribution in [0, 0.1) is 23.7 Å². The Kier molecular flexibility index (Phi) is 18.6. The minimum Gasteiger partial charge on any atom is -0.394 e. The first-order valence-electron chi connectivity index (χ1n) is 12.1. The second-order valence-electron chi connectivity index (χ2n) is 9.47. The van der Waals surface area contributed by atoms with Gasteiger partial charge in [0.2, 0.25) is 0 Å². The molecule has 0 aromatic carbocycles. The molecule has 0 rings (SSSR count).